The number of carbonyl (C=O) groups is 2. The first-order chi connectivity index (χ1) is 20.9. The number of alkyl halides is 2. The zero-order valence-corrected chi connectivity index (χ0v) is 25.7. The maximum absolute atomic E-state index is 17.4. The van der Waals surface area contributed by atoms with E-state index in [0.717, 1.165) is 21.6 Å². The third-order valence-corrected chi connectivity index (χ3v) is 11.8. The fraction of sp³-hybridized carbons (Fsp3) is 0.471. The molecule has 0 amide bonds. The average Bonchev–Trinajstić information content (AvgIpc) is 3.31. The minimum atomic E-state index is -2.28. The van der Waals surface area contributed by atoms with Gasteiger partial charge < -0.3 is 20.4 Å². The number of fused-ring (bicyclic) bond motifs is 5. The monoisotopic (exact) mass is 625 g/mol. The summed E-state index contributed by atoms with van der Waals surface area (Å²) in [6, 6.07) is 15.1. The summed E-state index contributed by atoms with van der Waals surface area (Å²) in [6.07, 6.45) is 0.572. The molecule has 8 atom stereocenters. The smallest absolute Gasteiger partial charge is 0.194 e. The Bertz CT molecular complexity index is 1530. The van der Waals surface area contributed by atoms with Crippen molar-refractivity contribution in [3.63, 3.8) is 0 Å². The summed E-state index contributed by atoms with van der Waals surface area (Å²) in [5.41, 5.74) is -5.64. The van der Waals surface area contributed by atoms with Crippen LogP contribution in [0.15, 0.2) is 82.1 Å². The molecule has 44 heavy (non-hydrogen) atoms. The van der Waals surface area contributed by atoms with Crippen molar-refractivity contribution in [3.8, 4) is 5.75 Å². The van der Waals surface area contributed by atoms with Gasteiger partial charge in [-0.1, -0.05) is 30.8 Å². The second-order valence-corrected chi connectivity index (χ2v) is 14.0. The number of carbonyl (C=O) groups excluding carboxylic acids is 2. The Hall–Kier alpha value is -3.05. The highest BCUT2D eigenvalue weighted by molar-refractivity contribution is 7.99. The number of hydrogen-bond donors (Lipinski definition) is 3. The van der Waals surface area contributed by atoms with Crippen molar-refractivity contribution in [1.29, 1.82) is 0 Å². The van der Waals surface area contributed by atoms with Crippen LogP contribution in [0.2, 0.25) is 0 Å². The molecule has 0 heterocycles. The molecule has 4 aliphatic carbocycles. The Morgan fingerprint density at radius 1 is 1.14 bits per heavy atom. The molecule has 0 saturated heterocycles. The van der Waals surface area contributed by atoms with E-state index in [9.17, 15) is 19.8 Å². The van der Waals surface area contributed by atoms with E-state index in [4.69, 9.17) is 9.78 Å². The van der Waals surface area contributed by atoms with Crippen molar-refractivity contribution >= 4 is 29.0 Å². The van der Waals surface area contributed by atoms with E-state index in [1.165, 1.54) is 19.1 Å². The van der Waals surface area contributed by atoms with Gasteiger partial charge in [-0.3, -0.25) is 9.59 Å². The van der Waals surface area contributed by atoms with E-state index in [1.54, 1.807) is 30.8 Å². The minimum absolute atomic E-state index is 0.0398. The van der Waals surface area contributed by atoms with Gasteiger partial charge in [-0.15, -0.1) is 0 Å². The SMILES string of the molecule is CNc1cccc(Sc2ccc(OOC3(C(=O)CO)CCC4C5C[C@H](F)C6=CC(=O)C=CC6(C)[C@@]5(F)C(O)CC43C)cc2)c1. The first-order valence-corrected chi connectivity index (χ1v) is 15.8. The summed E-state index contributed by atoms with van der Waals surface area (Å²) in [7, 11) is 1.86. The third kappa shape index (κ3) is 4.48. The van der Waals surface area contributed by atoms with Crippen LogP contribution in [0.5, 0.6) is 5.75 Å². The second-order valence-electron chi connectivity index (χ2n) is 12.8. The van der Waals surface area contributed by atoms with Gasteiger partial charge in [0, 0.05) is 39.3 Å². The van der Waals surface area contributed by atoms with Gasteiger partial charge in [0.25, 0.3) is 0 Å². The topological polar surface area (TPSA) is 105 Å². The van der Waals surface area contributed by atoms with Crippen molar-refractivity contribution in [2.45, 2.75) is 72.9 Å². The number of ketones is 2. The number of halogens is 2. The number of Topliss-reactive ketones (excluding diaryl/α,β-unsaturated/α-hetero) is 1. The number of hydrogen-bond acceptors (Lipinski definition) is 8. The van der Waals surface area contributed by atoms with Crippen molar-refractivity contribution in [2.75, 3.05) is 19.0 Å². The number of rotatable bonds is 8. The average molecular weight is 626 g/mol. The largest absolute Gasteiger partial charge is 0.390 e. The summed E-state index contributed by atoms with van der Waals surface area (Å²) in [5, 5.41) is 24.7. The lowest BCUT2D eigenvalue weighted by Gasteiger charge is -2.63. The van der Waals surface area contributed by atoms with Crippen LogP contribution in [0, 0.1) is 22.7 Å². The lowest BCUT2D eigenvalue weighted by Crippen LogP contribution is -2.70. The lowest BCUT2D eigenvalue weighted by atomic mass is 9.44. The van der Waals surface area contributed by atoms with Crippen LogP contribution >= 0.6 is 11.8 Å². The zero-order valence-electron chi connectivity index (χ0n) is 24.9. The highest BCUT2D eigenvalue weighted by Crippen LogP contribution is 2.70. The summed E-state index contributed by atoms with van der Waals surface area (Å²) in [6.45, 7) is 2.44. The fourth-order valence-corrected chi connectivity index (χ4v) is 9.37. The molecule has 0 aromatic heterocycles. The molecule has 2 aromatic rings. The Balaban J connectivity index is 1.26. The van der Waals surface area contributed by atoms with E-state index in [-0.39, 0.29) is 24.8 Å². The van der Waals surface area contributed by atoms with Gasteiger partial charge in [0.05, 0.1) is 6.10 Å². The number of benzene rings is 2. The zero-order chi connectivity index (χ0) is 31.5. The van der Waals surface area contributed by atoms with Crippen molar-refractivity contribution in [1.82, 2.24) is 0 Å². The first kappa shape index (κ1) is 31.0. The van der Waals surface area contributed by atoms with Crippen LogP contribution in [0.4, 0.5) is 14.5 Å². The summed E-state index contributed by atoms with van der Waals surface area (Å²) in [5.74, 6) is -2.26. The van der Waals surface area contributed by atoms with Gasteiger partial charge in [-0.2, -0.15) is 4.89 Å². The molecular formula is C34H37F2NO6S. The van der Waals surface area contributed by atoms with Crippen LogP contribution < -0.4 is 10.2 Å². The standard InChI is InChI=1S/C34H37F2NO6S/c1-31-13-11-21(39)16-27(31)28(35)17-26-25-12-14-33(30(41)19-38,32(25,2)18-29(40)34(26,31)36)43-42-22-7-9-23(10-8-22)44-24-6-4-5-20(15-24)37-3/h4-11,13,15-16,25-26,28-29,37-38,40H,12,14,17-19H2,1-3H3/t25?,26?,28-,29?,31?,32?,33?,34-/m0/s1. The molecule has 2 aromatic carbocycles. The van der Waals surface area contributed by atoms with Gasteiger partial charge in [-0.05, 0) is 98.7 Å². The maximum atomic E-state index is 17.4. The Labute approximate surface area is 259 Å². The van der Waals surface area contributed by atoms with Gasteiger partial charge in [0.2, 0.25) is 0 Å². The fourth-order valence-electron chi connectivity index (χ4n) is 8.49. The van der Waals surface area contributed by atoms with Crippen LogP contribution in [0.1, 0.15) is 39.5 Å². The highest BCUT2D eigenvalue weighted by Gasteiger charge is 2.76. The summed E-state index contributed by atoms with van der Waals surface area (Å²) >= 11 is 1.56. The lowest BCUT2D eigenvalue weighted by molar-refractivity contribution is -0.323. The molecular weight excluding hydrogens is 588 g/mol. The molecule has 0 spiro atoms. The van der Waals surface area contributed by atoms with Crippen LogP contribution in [-0.2, 0) is 14.5 Å². The molecule has 3 fully saturated rings. The summed E-state index contributed by atoms with van der Waals surface area (Å²) < 4.78 is 33.1. The van der Waals surface area contributed by atoms with Gasteiger partial charge in [-0.25, -0.2) is 8.78 Å². The van der Waals surface area contributed by atoms with Crippen LogP contribution in [0.25, 0.3) is 0 Å². The molecule has 6 rings (SSSR count). The number of anilines is 1. The Kier molecular flexibility index (Phi) is 7.80. The molecule has 234 valence electrons. The molecule has 0 aliphatic heterocycles. The molecule has 3 N–H and O–H groups in total. The highest BCUT2D eigenvalue weighted by atomic mass is 32.2. The quantitative estimate of drug-likeness (QED) is 0.250. The van der Waals surface area contributed by atoms with E-state index in [1.807, 2.05) is 43.4 Å². The predicted octanol–water partition coefficient (Wildman–Crippen LogP) is 5.81. The number of allylic oxidation sites excluding steroid dienone is 4. The first-order valence-electron chi connectivity index (χ1n) is 14.9. The minimum Gasteiger partial charge on any atom is -0.390 e. The third-order valence-electron chi connectivity index (χ3n) is 10.8. The molecule has 0 bridgehead atoms. The van der Waals surface area contributed by atoms with Gasteiger partial charge >= 0.3 is 0 Å². The molecule has 4 aliphatic rings. The number of aliphatic hydroxyl groups excluding tert-OH is 2. The van der Waals surface area contributed by atoms with E-state index in [2.05, 4.69) is 5.32 Å². The van der Waals surface area contributed by atoms with Gasteiger partial charge in [0.1, 0.15) is 12.8 Å². The Morgan fingerprint density at radius 2 is 1.89 bits per heavy atom. The Morgan fingerprint density at radius 3 is 2.59 bits per heavy atom. The molecule has 6 unspecified atom stereocenters. The van der Waals surface area contributed by atoms with Gasteiger partial charge in [0.15, 0.2) is 28.6 Å². The van der Waals surface area contributed by atoms with Crippen LogP contribution in [0.3, 0.4) is 0 Å². The van der Waals surface area contributed by atoms with E-state index < -0.39 is 64.4 Å². The molecule has 7 nitrogen and oxygen atoms in total. The number of nitrogens with one attached hydrogen (secondary N) is 1. The maximum Gasteiger partial charge on any atom is 0.194 e. The van der Waals surface area contributed by atoms with Crippen molar-refractivity contribution in [3.05, 3.63) is 72.3 Å². The molecule has 0 radical (unpaired) electrons. The second kappa shape index (κ2) is 11.1. The normalized spacial score (nSPS) is 37.4. The molecule has 10 heteroatoms. The summed E-state index contributed by atoms with van der Waals surface area (Å²) in [4.78, 5) is 39.3. The van der Waals surface area contributed by atoms with E-state index >= 15 is 8.78 Å². The van der Waals surface area contributed by atoms with Crippen molar-refractivity contribution in [2.24, 2.45) is 22.7 Å². The van der Waals surface area contributed by atoms with E-state index in [0.29, 0.717) is 12.2 Å². The predicted molar refractivity (Wildman–Crippen MR) is 162 cm³/mol. The molecule has 3 saturated carbocycles. The van der Waals surface area contributed by atoms with Crippen molar-refractivity contribution < 1.29 is 38.4 Å². The van der Waals surface area contributed by atoms with Crippen LogP contribution in [-0.4, -0.2) is 59.0 Å². The number of aliphatic hydroxyl groups is 2.